The lowest BCUT2D eigenvalue weighted by atomic mass is 9.84. The van der Waals surface area contributed by atoms with Crippen LogP contribution in [0.3, 0.4) is 0 Å². The molecule has 1 saturated heterocycles. The molecule has 1 N–H and O–H groups in total. The molecule has 0 radical (unpaired) electrons. The first-order valence-electron chi connectivity index (χ1n) is 8.25. The molecule has 0 aromatic rings. The summed E-state index contributed by atoms with van der Waals surface area (Å²) in [6, 6.07) is 0. The largest absolute Gasteiger partial charge is 0.468 e. The average molecular weight is 299 g/mol. The molecule has 1 saturated carbocycles. The van der Waals surface area contributed by atoms with Gasteiger partial charge in [0.05, 0.1) is 19.8 Å². The number of nitrogens with one attached hydrogen (secondary N) is 1. The fourth-order valence-corrected chi connectivity index (χ4v) is 3.59. The van der Waals surface area contributed by atoms with Gasteiger partial charge >= 0.3 is 5.97 Å². The molecule has 2 rings (SSSR count). The third kappa shape index (κ3) is 3.96. The molecule has 3 unspecified atom stereocenters. The molecule has 1 aliphatic carbocycles. The predicted molar refractivity (Wildman–Crippen MR) is 80.2 cm³/mol. The summed E-state index contributed by atoms with van der Waals surface area (Å²) in [6.45, 7) is 5.18. The van der Waals surface area contributed by atoms with Crippen molar-refractivity contribution >= 4 is 5.97 Å². The number of carbonyl (C=O) groups is 1. The first kappa shape index (κ1) is 16.7. The van der Waals surface area contributed by atoms with Gasteiger partial charge in [0.25, 0.3) is 0 Å². The van der Waals surface area contributed by atoms with Crippen LogP contribution in [0.2, 0.25) is 0 Å². The van der Waals surface area contributed by atoms with E-state index in [2.05, 4.69) is 12.2 Å². The number of esters is 1. The number of rotatable bonds is 8. The van der Waals surface area contributed by atoms with Crippen LogP contribution in [0.15, 0.2) is 0 Å². The zero-order chi connectivity index (χ0) is 15.1. The Bertz CT molecular complexity index is 330. The SMILES string of the molecule is CCCNC1(C(=O)OC)CCCC1CCOC1CCOC1. The van der Waals surface area contributed by atoms with Crippen LogP contribution in [0.5, 0.6) is 0 Å². The Morgan fingerprint density at radius 2 is 2.29 bits per heavy atom. The molecule has 0 bridgehead atoms. The van der Waals surface area contributed by atoms with Crippen molar-refractivity contribution in [2.45, 2.75) is 57.1 Å². The normalized spacial score (nSPS) is 32.5. The van der Waals surface area contributed by atoms with Gasteiger partial charge in [-0.05, 0) is 44.6 Å². The van der Waals surface area contributed by atoms with Crippen LogP contribution in [0.4, 0.5) is 0 Å². The van der Waals surface area contributed by atoms with Crippen molar-refractivity contribution in [3.05, 3.63) is 0 Å². The lowest BCUT2D eigenvalue weighted by molar-refractivity contribution is -0.150. The summed E-state index contributed by atoms with van der Waals surface area (Å²) in [6.07, 6.45) is 6.16. The van der Waals surface area contributed by atoms with Crippen LogP contribution < -0.4 is 5.32 Å². The Morgan fingerprint density at radius 1 is 1.43 bits per heavy atom. The first-order chi connectivity index (χ1) is 10.2. The van der Waals surface area contributed by atoms with Gasteiger partial charge in [-0.25, -0.2) is 0 Å². The molecule has 2 fully saturated rings. The third-order valence-corrected chi connectivity index (χ3v) is 4.77. The van der Waals surface area contributed by atoms with Gasteiger partial charge in [-0.1, -0.05) is 13.3 Å². The van der Waals surface area contributed by atoms with E-state index in [9.17, 15) is 4.79 Å². The number of hydrogen-bond donors (Lipinski definition) is 1. The molecule has 3 atom stereocenters. The highest BCUT2D eigenvalue weighted by Gasteiger charge is 2.49. The third-order valence-electron chi connectivity index (χ3n) is 4.77. The van der Waals surface area contributed by atoms with Gasteiger partial charge < -0.3 is 19.5 Å². The van der Waals surface area contributed by atoms with E-state index < -0.39 is 5.54 Å². The summed E-state index contributed by atoms with van der Waals surface area (Å²) in [7, 11) is 1.49. The second kappa shape index (κ2) is 8.11. The highest BCUT2D eigenvalue weighted by Crippen LogP contribution is 2.39. The van der Waals surface area contributed by atoms with Gasteiger partial charge in [0.2, 0.25) is 0 Å². The van der Waals surface area contributed by atoms with E-state index >= 15 is 0 Å². The Morgan fingerprint density at radius 3 is 2.95 bits per heavy atom. The molecule has 122 valence electrons. The van der Waals surface area contributed by atoms with Gasteiger partial charge in [-0.3, -0.25) is 4.79 Å². The number of methoxy groups -OCH3 is 1. The molecule has 0 amide bonds. The van der Waals surface area contributed by atoms with Gasteiger partial charge in [-0.2, -0.15) is 0 Å². The van der Waals surface area contributed by atoms with Crippen molar-refractivity contribution in [3.63, 3.8) is 0 Å². The van der Waals surface area contributed by atoms with E-state index in [1.54, 1.807) is 0 Å². The maximum absolute atomic E-state index is 12.3. The van der Waals surface area contributed by atoms with E-state index in [0.29, 0.717) is 19.1 Å². The van der Waals surface area contributed by atoms with Crippen LogP contribution in [0, 0.1) is 5.92 Å². The van der Waals surface area contributed by atoms with Crippen molar-refractivity contribution < 1.29 is 19.0 Å². The molecule has 0 aromatic heterocycles. The number of hydrogen-bond acceptors (Lipinski definition) is 5. The lowest BCUT2D eigenvalue weighted by Gasteiger charge is -2.34. The zero-order valence-corrected chi connectivity index (χ0v) is 13.4. The van der Waals surface area contributed by atoms with E-state index in [1.807, 2.05) is 0 Å². The van der Waals surface area contributed by atoms with Crippen molar-refractivity contribution in [3.8, 4) is 0 Å². The molecular weight excluding hydrogens is 270 g/mol. The van der Waals surface area contributed by atoms with Gasteiger partial charge in [-0.15, -0.1) is 0 Å². The van der Waals surface area contributed by atoms with Crippen molar-refractivity contribution in [2.24, 2.45) is 5.92 Å². The standard InChI is InChI=1S/C16H29NO4/c1-3-9-17-16(15(18)19-2)8-4-5-13(16)6-11-21-14-7-10-20-12-14/h13-14,17H,3-12H2,1-2H3. The molecule has 2 aliphatic rings. The minimum absolute atomic E-state index is 0.109. The summed E-state index contributed by atoms with van der Waals surface area (Å²) in [5.74, 6) is 0.196. The van der Waals surface area contributed by atoms with Gasteiger partial charge in [0.15, 0.2) is 0 Å². The number of ether oxygens (including phenoxy) is 3. The average Bonchev–Trinajstić information content (AvgIpc) is 3.15. The fraction of sp³-hybridized carbons (Fsp3) is 0.938. The smallest absolute Gasteiger partial charge is 0.326 e. The van der Waals surface area contributed by atoms with Gasteiger partial charge in [0, 0.05) is 13.2 Å². The van der Waals surface area contributed by atoms with E-state index in [0.717, 1.165) is 51.7 Å². The summed E-state index contributed by atoms with van der Waals surface area (Å²) < 4.78 is 16.3. The Hall–Kier alpha value is -0.650. The topological polar surface area (TPSA) is 56.8 Å². The molecular formula is C16H29NO4. The molecule has 5 nitrogen and oxygen atoms in total. The summed E-state index contributed by atoms with van der Waals surface area (Å²) in [5, 5.41) is 3.47. The minimum atomic E-state index is -0.500. The zero-order valence-electron chi connectivity index (χ0n) is 13.4. The first-order valence-corrected chi connectivity index (χ1v) is 8.25. The minimum Gasteiger partial charge on any atom is -0.468 e. The number of carbonyl (C=O) groups excluding carboxylic acids is 1. The fourth-order valence-electron chi connectivity index (χ4n) is 3.59. The second-order valence-electron chi connectivity index (χ2n) is 6.12. The molecule has 5 heteroatoms. The highest BCUT2D eigenvalue weighted by molar-refractivity contribution is 5.81. The van der Waals surface area contributed by atoms with Crippen molar-refractivity contribution in [1.82, 2.24) is 5.32 Å². The summed E-state index contributed by atoms with van der Waals surface area (Å²) >= 11 is 0. The predicted octanol–water partition coefficient (Wildman–Crippen LogP) is 1.89. The maximum Gasteiger partial charge on any atom is 0.326 e. The molecule has 1 aliphatic heterocycles. The summed E-state index contributed by atoms with van der Waals surface area (Å²) in [4.78, 5) is 12.3. The van der Waals surface area contributed by atoms with Crippen molar-refractivity contribution in [1.29, 1.82) is 0 Å². The molecule has 21 heavy (non-hydrogen) atoms. The van der Waals surface area contributed by atoms with Crippen LogP contribution in [-0.4, -0.2) is 51.1 Å². The quantitative estimate of drug-likeness (QED) is 0.694. The van der Waals surface area contributed by atoms with Crippen LogP contribution in [-0.2, 0) is 19.0 Å². The Labute approximate surface area is 127 Å². The van der Waals surface area contributed by atoms with E-state index in [4.69, 9.17) is 14.2 Å². The lowest BCUT2D eigenvalue weighted by Crippen LogP contribution is -2.55. The molecule has 0 spiro atoms. The van der Waals surface area contributed by atoms with E-state index in [-0.39, 0.29) is 12.1 Å². The van der Waals surface area contributed by atoms with Crippen LogP contribution in [0.25, 0.3) is 0 Å². The maximum atomic E-state index is 12.3. The van der Waals surface area contributed by atoms with E-state index in [1.165, 1.54) is 7.11 Å². The van der Waals surface area contributed by atoms with Gasteiger partial charge in [0.1, 0.15) is 5.54 Å². The Kier molecular flexibility index (Phi) is 6.45. The second-order valence-corrected chi connectivity index (χ2v) is 6.12. The van der Waals surface area contributed by atoms with Crippen LogP contribution in [0.1, 0.15) is 45.4 Å². The molecule has 0 aromatic carbocycles. The Balaban J connectivity index is 1.89. The summed E-state index contributed by atoms with van der Waals surface area (Å²) in [5.41, 5.74) is -0.500. The highest BCUT2D eigenvalue weighted by atomic mass is 16.5. The van der Waals surface area contributed by atoms with Crippen molar-refractivity contribution in [2.75, 3.05) is 33.5 Å². The van der Waals surface area contributed by atoms with Crippen LogP contribution >= 0.6 is 0 Å². The monoisotopic (exact) mass is 299 g/mol. The molecule has 1 heterocycles.